The van der Waals surface area contributed by atoms with Crippen molar-refractivity contribution < 1.29 is 44.0 Å². The summed E-state index contributed by atoms with van der Waals surface area (Å²) in [7, 11) is -7.86. The second-order valence-electron chi connectivity index (χ2n) is 0.805. The van der Waals surface area contributed by atoms with Crippen molar-refractivity contribution in [3.05, 3.63) is 0 Å². The van der Waals surface area contributed by atoms with E-state index in [4.69, 9.17) is 44.0 Å². The van der Waals surface area contributed by atoms with Gasteiger partial charge >= 0.3 is 25.8 Å². The highest BCUT2D eigenvalue weighted by Crippen LogP contribution is 2.12. The average molecular weight is 260 g/mol. The van der Waals surface area contributed by atoms with Crippen LogP contribution in [0.1, 0.15) is 0 Å². The van der Waals surface area contributed by atoms with Crippen molar-refractivity contribution in [2.75, 3.05) is 0 Å². The molecule has 0 radical (unpaired) electrons. The van der Waals surface area contributed by atoms with Crippen LogP contribution >= 0.6 is 25.8 Å². The Hall–Kier alpha value is 0.995. The van der Waals surface area contributed by atoms with Gasteiger partial charge in [0, 0.05) is 0 Å². The van der Waals surface area contributed by atoms with Crippen LogP contribution in [0.25, 0.3) is 0 Å². The second kappa shape index (κ2) is 18.7. The highest BCUT2D eigenvalue weighted by molar-refractivity contribution is 7.38. The maximum absolute atomic E-state index is 7.23. The Balaban J connectivity index is -0.0000000450. The molecule has 0 aliphatic rings. The first-order valence-electron chi connectivity index (χ1n) is 1.80. The molecule has 0 fully saturated rings. The fraction of sp³-hybridized carbons (Fsp3) is 0. The molecule has 9 nitrogen and oxygen atoms in total. The molecule has 0 atom stereocenters. The van der Waals surface area contributed by atoms with Crippen LogP contribution in [-0.2, 0) is 0 Å². The van der Waals surface area contributed by atoms with Crippen molar-refractivity contribution in [1.29, 1.82) is 0 Å². The van der Waals surface area contributed by atoms with Crippen molar-refractivity contribution in [3.8, 4) is 0 Å². The highest BCUT2D eigenvalue weighted by Gasteiger charge is 1.77. The third-order valence-electron chi connectivity index (χ3n) is 0. The Bertz CT molecular complexity index is 43.4. The lowest BCUT2D eigenvalue weighted by molar-refractivity contribution is 0.366. The average Bonchev–Trinajstić information content (AvgIpc) is 1.54. The normalized spacial score (nSPS) is 8.31. The summed E-state index contributed by atoms with van der Waals surface area (Å²) in [4.78, 5) is 65.1. The van der Waals surface area contributed by atoms with Crippen LogP contribution in [0, 0.1) is 0 Å². The Morgan fingerprint density at radius 2 is 0.385 bits per heavy atom. The van der Waals surface area contributed by atoms with Gasteiger partial charge in [0.15, 0.2) is 0 Å². The largest absolute Gasteiger partial charge is 0.328 e. The van der Waals surface area contributed by atoms with Gasteiger partial charge in [0.2, 0.25) is 0 Å². The van der Waals surface area contributed by atoms with E-state index in [1.807, 2.05) is 0 Å². The fourth-order valence-corrected chi connectivity index (χ4v) is 0. The molecule has 0 amide bonds. The standard InChI is InChI=1S/BH3.3H3O3P/c;3*1-4(2)3/h1H3;3*1-3H. The first-order chi connectivity index (χ1) is 5.20. The first-order valence-corrected chi connectivity index (χ1v) is 5.40. The van der Waals surface area contributed by atoms with E-state index < -0.39 is 25.8 Å². The van der Waals surface area contributed by atoms with E-state index in [1.165, 1.54) is 0 Å². The summed E-state index contributed by atoms with van der Waals surface area (Å²) in [6.45, 7) is 0. The molecule has 0 rings (SSSR count). The summed E-state index contributed by atoms with van der Waals surface area (Å²) in [5, 5.41) is 0. The molecule has 84 valence electrons. The Morgan fingerprint density at radius 3 is 0.385 bits per heavy atom. The summed E-state index contributed by atoms with van der Waals surface area (Å²) >= 11 is 0. The zero-order valence-corrected chi connectivity index (χ0v) is 8.05. The Labute approximate surface area is 79.1 Å². The van der Waals surface area contributed by atoms with E-state index in [0.29, 0.717) is 0 Å². The molecule has 0 bridgehead atoms. The van der Waals surface area contributed by atoms with Gasteiger partial charge in [0.1, 0.15) is 0 Å². The van der Waals surface area contributed by atoms with Crippen LogP contribution in [0.3, 0.4) is 0 Å². The maximum Gasteiger partial charge on any atom is 0.324 e. The summed E-state index contributed by atoms with van der Waals surface area (Å²) in [6.07, 6.45) is 0. The first kappa shape index (κ1) is 23.7. The van der Waals surface area contributed by atoms with Gasteiger partial charge in [0.05, 0.1) is 8.41 Å². The van der Waals surface area contributed by atoms with E-state index in [0.717, 1.165) is 0 Å². The van der Waals surface area contributed by atoms with Crippen molar-refractivity contribution in [2.24, 2.45) is 0 Å². The smallest absolute Gasteiger partial charge is 0.324 e. The zero-order valence-electron chi connectivity index (χ0n) is 5.37. The molecule has 9 N–H and O–H groups in total. The van der Waals surface area contributed by atoms with E-state index in [-0.39, 0.29) is 8.41 Å². The van der Waals surface area contributed by atoms with Crippen molar-refractivity contribution in [2.45, 2.75) is 0 Å². The van der Waals surface area contributed by atoms with Gasteiger partial charge in [-0.2, -0.15) is 0 Å². The van der Waals surface area contributed by atoms with Crippen LogP contribution in [0.4, 0.5) is 0 Å². The van der Waals surface area contributed by atoms with E-state index >= 15 is 0 Å². The van der Waals surface area contributed by atoms with E-state index in [9.17, 15) is 0 Å². The molecule has 13 heavy (non-hydrogen) atoms. The molecule has 0 unspecified atom stereocenters. The van der Waals surface area contributed by atoms with Crippen LogP contribution < -0.4 is 0 Å². The van der Waals surface area contributed by atoms with Gasteiger partial charge in [-0.3, -0.25) is 0 Å². The summed E-state index contributed by atoms with van der Waals surface area (Å²) < 4.78 is 0. The van der Waals surface area contributed by atoms with Gasteiger partial charge < -0.3 is 44.0 Å². The molecule has 0 heterocycles. The molecule has 0 aliphatic heterocycles. The molecule has 0 spiro atoms. The van der Waals surface area contributed by atoms with Crippen molar-refractivity contribution >= 4 is 34.2 Å². The summed E-state index contributed by atoms with van der Waals surface area (Å²) in [5.41, 5.74) is 0. The van der Waals surface area contributed by atoms with Crippen molar-refractivity contribution in [1.82, 2.24) is 0 Å². The lowest BCUT2D eigenvalue weighted by atomic mass is 10.8. The molecule has 0 aliphatic carbocycles. The minimum Gasteiger partial charge on any atom is -0.328 e. The van der Waals surface area contributed by atoms with E-state index in [2.05, 4.69) is 0 Å². The van der Waals surface area contributed by atoms with Crippen LogP contribution in [-0.4, -0.2) is 52.5 Å². The Morgan fingerprint density at radius 1 is 0.385 bits per heavy atom. The molecular formula is H12BO9P3. The zero-order chi connectivity index (χ0) is 10.7. The van der Waals surface area contributed by atoms with Crippen molar-refractivity contribution in [3.63, 3.8) is 0 Å². The maximum atomic E-state index is 7.23. The van der Waals surface area contributed by atoms with Gasteiger partial charge in [-0.05, 0) is 0 Å². The molecule has 0 aromatic carbocycles. The second-order valence-corrected chi connectivity index (χ2v) is 2.41. The lowest BCUT2D eigenvalue weighted by Crippen LogP contribution is -1.54. The van der Waals surface area contributed by atoms with Gasteiger partial charge in [-0.15, -0.1) is 0 Å². The Kier molecular flexibility index (Phi) is 34.1. The predicted molar refractivity (Wildman–Crippen MR) is 50.7 cm³/mol. The third-order valence-corrected chi connectivity index (χ3v) is 0. The topological polar surface area (TPSA) is 182 Å². The lowest BCUT2D eigenvalue weighted by Gasteiger charge is -1.76. The molecule has 0 aromatic heterocycles. The number of hydrogen-bond acceptors (Lipinski definition) is 9. The number of rotatable bonds is 0. The molecular weight excluding hydrogens is 248 g/mol. The molecule has 0 saturated carbocycles. The molecule has 13 heteroatoms. The van der Waals surface area contributed by atoms with Gasteiger partial charge in [-0.25, -0.2) is 0 Å². The van der Waals surface area contributed by atoms with E-state index in [1.54, 1.807) is 0 Å². The van der Waals surface area contributed by atoms with Gasteiger partial charge in [-0.1, -0.05) is 0 Å². The quantitative estimate of drug-likeness (QED) is 0.157. The van der Waals surface area contributed by atoms with Crippen LogP contribution in [0.2, 0.25) is 0 Å². The minimum atomic E-state index is -2.62. The predicted octanol–water partition coefficient (Wildman–Crippen LogP) is -3.61. The van der Waals surface area contributed by atoms with Gasteiger partial charge in [0.25, 0.3) is 0 Å². The molecule has 0 saturated heterocycles. The van der Waals surface area contributed by atoms with Crippen LogP contribution in [0.5, 0.6) is 0 Å². The third kappa shape index (κ3) is 1590. The SMILES string of the molecule is B.OP(O)O.OP(O)O.OP(O)O. The number of hydrogen-bond donors (Lipinski definition) is 9. The highest BCUT2D eigenvalue weighted by atomic mass is 31.2. The fourth-order valence-electron chi connectivity index (χ4n) is 0. The monoisotopic (exact) mass is 260 g/mol. The summed E-state index contributed by atoms with van der Waals surface area (Å²) in [6, 6.07) is 0. The van der Waals surface area contributed by atoms with Crippen LogP contribution in [0.15, 0.2) is 0 Å². The molecule has 0 aromatic rings. The minimum absolute atomic E-state index is 0. The summed E-state index contributed by atoms with van der Waals surface area (Å²) in [5.74, 6) is 0.